The Labute approximate surface area is 131 Å². The first-order chi connectivity index (χ1) is 5.47. The molecule has 0 amide bonds. The number of hydrogen-bond acceptors (Lipinski definition) is 4. The minimum absolute atomic E-state index is 0. The van der Waals surface area contributed by atoms with E-state index in [2.05, 4.69) is 0 Å². The summed E-state index contributed by atoms with van der Waals surface area (Å²) in [5, 5.41) is 0. The Balaban J connectivity index is 0. The molecule has 1 aromatic carbocycles. The summed E-state index contributed by atoms with van der Waals surface area (Å²) in [5.74, 6) is 0. The molecule has 1 rings (SSSR count). The van der Waals surface area contributed by atoms with Gasteiger partial charge in [0.05, 0.1) is 9.05 Å². The monoisotopic (exact) mass is 250 g/mol. The van der Waals surface area contributed by atoms with Gasteiger partial charge in [-0.15, -0.1) is 0 Å². The van der Waals surface area contributed by atoms with E-state index in [0.717, 1.165) is 0 Å². The molecule has 8 heteroatoms. The van der Waals surface area contributed by atoms with Crippen LogP contribution in [0.3, 0.4) is 0 Å². The summed E-state index contributed by atoms with van der Waals surface area (Å²) in [4.78, 5) is 0.374. The summed E-state index contributed by atoms with van der Waals surface area (Å²) in [6, 6.07) is 6.03. The average Bonchev–Trinajstić information content (AvgIpc) is 1.91. The van der Waals surface area contributed by atoms with Gasteiger partial charge in [0.2, 0.25) is 4.90 Å². The Morgan fingerprint density at radius 1 is 1.14 bits per heavy atom. The third-order valence-electron chi connectivity index (χ3n) is 1.08. The van der Waals surface area contributed by atoms with E-state index in [4.69, 9.17) is 5.73 Å². The van der Waals surface area contributed by atoms with E-state index in [-0.39, 0.29) is 69.4 Å². The number of nitrogen functional groups attached to an aromatic ring is 1. The van der Waals surface area contributed by atoms with Crippen LogP contribution in [-0.4, -0.2) is 13.3 Å². The predicted molar refractivity (Wildman–Crippen MR) is 46.2 cm³/mol. The van der Waals surface area contributed by atoms with Crippen LogP contribution in [0, 0.1) is 0 Å². The van der Waals surface area contributed by atoms with Crippen LogP contribution >= 0.6 is 0 Å². The van der Waals surface area contributed by atoms with E-state index >= 15 is 0 Å². The van der Waals surface area contributed by atoms with Crippen LogP contribution in [-0.2, 0) is 19.4 Å². The van der Waals surface area contributed by atoms with Gasteiger partial charge in [-0.05, 0) is 12.1 Å². The van der Waals surface area contributed by atoms with Crippen molar-refractivity contribution in [2.24, 2.45) is 0 Å². The normalized spacial score (nSPS) is 9.57. The fraction of sp³-hybridized carbons (Fsp3) is 0. The molecule has 0 heterocycles. The molecule has 0 aliphatic rings. The van der Waals surface area contributed by atoms with Crippen LogP contribution in [0.2, 0.25) is 0 Å². The second kappa shape index (κ2) is 7.56. The summed E-state index contributed by atoms with van der Waals surface area (Å²) in [6.07, 6.45) is 0. The Hall–Kier alpha value is 1.31. The van der Waals surface area contributed by atoms with Crippen molar-refractivity contribution in [1.82, 2.24) is 0 Å². The Morgan fingerprint density at radius 3 is 1.93 bits per heavy atom. The maximum absolute atomic E-state index is 10.3. The van der Waals surface area contributed by atoms with Crippen LogP contribution in [0.15, 0.2) is 29.2 Å². The fourth-order valence-electron chi connectivity index (χ4n) is 0.641. The van der Waals surface area contributed by atoms with Gasteiger partial charge in [0.15, 0.2) is 0 Å². The molecule has 0 aromatic heterocycles. The molecule has 66 valence electrons. The van der Waals surface area contributed by atoms with Crippen molar-refractivity contribution in [3.8, 4) is 0 Å². The van der Waals surface area contributed by atoms with Crippen molar-refractivity contribution in [3.05, 3.63) is 24.3 Å². The molecule has 0 radical (unpaired) electrons. The molecule has 4 nitrogen and oxygen atoms in total. The summed E-state index contributed by atoms with van der Waals surface area (Å²) in [6.45, 7) is 0. The maximum atomic E-state index is 10.3. The number of rotatable bonds is 1. The SMILES string of the molecule is Nc1ccc([S+]=S(=O)([O-])[O-])cc1.[Na+].[Na+]. The molecule has 1 aromatic rings. The molecule has 0 aliphatic carbocycles. The summed E-state index contributed by atoms with van der Waals surface area (Å²) in [7, 11) is -3.99. The second-order valence-corrected chi connectivity index (χ2v) is 5.24. The third kappa shape index (κ3) is 7.58. The van der Waals surface area contributed by atoms with Crippen LogP contribution in [0.5, 0.6) is 0 Å². The second-order valence-electron chi connectivity index (χ2n) is 2.06. The first-order valence-corrected chi connectivity index (χ1v) is 5.72. The molecular weight excluding hydrogens is 244 g/mol. The van der Waals surface area contributed by atoms with Crippen LogP contribution in [0.25, 0.3) is 0 Å². The summed E-state index contributed by atoms with van der Waals surface area (Å²) < 4.78 is 30.8. The van der Waals surface area contributed by atoms with Crippen molar-refractivity contribution >= 4 is 25.1 Å². The summed E-state index contributed by atoms with van der Waals surface area (Å²) >= 11 is 0. The van der Waals surface area contributed by atoms with Gasteiger partial charge in [0, 0.05) is 17.8 Å². The topological polar surface area (TPSA) is 89.2 Å². The third-order valence-corrected chi connectivity index (χ3v) is 2.94. The van der Waals surface area contributed by atoms with Crippen LogP contribution in [0.1, 0.15) is 0 Å². The van der Waals surface area contributed by atoms with Gasteiger partial charge < -0.3 is 14.8 Å². The van der Waals surface area contributed by atoms with Crippen molar-refractivity contribution < 1.29 is 72.4 Å². The number of hydrogen-bond donors (Lipinski definition) is 1. The van der Waals surface area contributed by atoms with Crippen LogP contribution < -0.4 is 64.8 Å². The largest absolute Gasteiger partial charge is 1.00 e. The van der Waals surface area contributed by atoms with Gasteiger partial charge in [-0.25, -0.2) is 4.21 Å². The predicted octanol–water partition coefficient (Wildman–Crippen LogP) is -5.82. The zero-order valence-corrected chi connectivity index (χ0v) is 13.6. The standard InChI is InChI=1S/C6H7NO3S2.2Na/c7-5-1-3-6(4-2-5)11-12(8,9)10;;/h1-4H,7H2,(H-,8,9,10);;/q;2*+1/p-1. The van der Waals surface area contributed by atoms with E-state index in [1.165, 1.54) is 24.3 Å². The number of nitrogens with two attached hydrogens (primary N) is 1. The number of anilines is 1. The molecule has 0 bridgehead atoms. The smallest absolute Gasteiger partial charge is 0.745 e. The zero-order chi connectivity index (χ0) is 9.19. The molecule has 0 aliphatic heterocycles. The van der Waals surface area contributed by atoms with E-state index in [0.29, 0.717) is 10.6 Å². The van der Waals surface area contributed by atoms with Crippen molar-refractivity contribution in [2.75, 3.05) is 5.73 Å². The van der Waals surface area contributed by atoms with Gasteiger partial charge in [0.25, 0.3) is 10.3 Å². The van der Waals surface area contributed by atoms with Gasteiger partial charge in [0.1, 0.15) is 0 Å². The molecular formula is C6H6NNa2O3S2+. The Morgan fingerprint density at radius 2 is 1.57 bits per heavy atom. The minimum atomic E-state index is -4.26. The van der Waals surface area contributed by atoms with E-state index < -0.39 is 9.05 Å². The average molecular weight is 250 g/mol. The molecule has 0 spiro atoms. The fourth-order valence-corrected chi connectivity index (χ4v) is 2.16. The Kier molecular flexibility index (Phi) is 9.56. The minimum Gasteiger partial charge on any atom is -0.745 e. The van der Waals surface area contributed by atoms with E-state index in [1.54, 1.807) is 0 Å². The summed E-state index contributed by atoms with van der Waals surface area (Å²) in [5.41, 5.74) is 5.88. The maximum Gasteiger partial charge on any atom is 1.00 e. The molecule has 0 saturated heterocycles. The Bertz CT molecular complexity index is 379. The zero-order valence-electron chi connectivity index (χ0n) is 7.93. The quantitative estimate of drug-likeness (QED) is 0.305. The van der Waals surface area contributed by atoms with E-state index in [1.807, 2.05) is 0 Å². The molecule has 2 N–H and O–H groups in total. The molecule has 0 fully saturated rings. The van der Waals surface area contributed by atoms with Crippen molar-refractivity contribution in [2.45, 2.75) is 4.90 Å². The van der Waals surface area contributed by atoms with Crippen molar-refractivity contribution in [3.63, 3.8) is 0 Å². The first kappa shape index (κ1) is 17.7. The van der Waals surface area contributed by atoms with E-state index in [9.17, 15) is 13.3 Å². The van der Waals surface area contributed by atoms with Gasteiger partial charge in [-0.3, -0.25) is 0 Å². The first-order valence-electron chi connectivity index (χ1n) is 2.98. The molecule has 0 saturated carbocycles. The van der Waals surface area contributed by atoms with Gasteiger partial charge >= 0.3 is 59.1 Å². The van der Waals surface area contributed by atoms with Gasteiger partial charge in [-0.2, -0.15) is 0 Å². The molecule has 0 unspecified atom stereocenters. The molecule has 14 heavy (non-hydrogen) atoms. The number of benzene rings is 1. The van der Waals surface area contributed by atoms with Crippen molar-refractivity contribution in [1.29, 1.82) is 0 Å². The molecule has 0 atom stereocenters. The van der Waals surface area contributed by atoms with Crippen LogP contribution in [0.4, 0.5) is 5.69 Å². The van der Waals surface area contributed by atoms with Gasteiger partial charge in [-0.1, -0.05) is 0 Å².